The fraction of sp³-hybridized carbons (Fsp3) is 0.714. The Morgan fingerprint density at radius 3 is 2.70 bits per heavy atom. The van der Waals surface area contributed by atoms with Gasteiger partial charge in [0.15, 0.2) is 5.79 Å². The Labute approximate surface area is 69.0 Å². The summed E-state index contributed by atoms with van der Waals surface area (Å²) in [6.07, 6.45) is -0.0747. The van der Waals surface area contributed by atoms with Crippen LogP contribution >= 0.6 is 15.9 Å². The Kier molecular flexibility index (Phi) is 2.35. The summed E-state index contributed by atoms with van der Waals surface area (Å²) >= 11 is 3.00. The molecule has 0 bridgehead atoms. The maximum Gasteiger partial charge on any atom is 0.164 e. The highest BCUT2D eigenvalue weighted by molar-refractivity contribution is 9.12. The van der Waals surface area contributed by atoms with E-state index >= 15 is 0 Å². The fourth-order valence-corrected chi connectivity index (χ4v) is 1.07. The van der Waals surface area contributed by atoms with Crippen LogP contribution in [0.25, 0.3) is 0 Å². The van der Waals surface area contributed by atoms with Gasteiger partial charge in [-0.3, -0.25) is 0 Å². The van der Waals surface area contributed by atoms with Crippen LogP contribution in [0.1, 0.15) is 13.8 Å². The normalized spacial score (nSPS) is 29.3. The fourth-order valence-electron chi connectivity index (χ4n) is 0.819. The molecule has 0 saturated carbocycles. The van der Waals surface area contributed by atoms with Crippen LogP contribution < -0.4 is 0 Å². The summed E-state index contributed by atoms with van der Waals surface area (Å²) < 4.78 is 10.6. The summed E-state index contributed by atoms with van der Waals surface area (Å²) in [5.41, 5.74) is 0. The molecular formula is C7H9BrO2. The van der Waals surface area contributed by atoms with E-state index in [9.17, 15) is 0 Å². The summed E-state index contributed by atoms with van der Waals surface area (Å²) in [7, 11) is 0. The van der Waals surface area contributed by atoms with Crippen LogP contribution in [0.4, 0.5) is 0 Å². The molecule has 0 aromatic carbocycles. The minimum absolute atomic E-state index is 0.0747. The van der Waals surface area contributed by atoms with Crippen molar-refractivity contribution >= 4 is 15.9 Å². The van der Waals surface area contributed by atoms with E-state index in [2.05, 4.69) is 26.7 Å². The number of hydrogen-bond acceptors (Lipinski definition) is 2. The molecule has 1 atom stereocenters. The van der Waals surface area contributed by atoms with Gasteiger partial charge in [0.1, 0.15) is 6.10 Å². The summed E-state index contributed by atoms with van der Waals surface area (Å²) in [5.74, 6) is 2.36. The summed E-state index contributed by atoms with van der Waals surface area (Å²) in [5, 5.41) is 0. The second-order valence-electron chi connectivity index (χ2n) is 2.56. The Morgan fingerprint density at radius 2 is 2.30 bits per heavy atom. The lowest BCUT2D eigenvalue weighted by atomic mass is 10.4. The molecule has 1 saturated heterocycles. The first-order valence-corrected chi connectivity index (χ1v) is 3.86. The van der Waals surface area contributed by atoms with Gasteiger partial charge in [-0.25, -0.2) is 0 Å². The van der Waals surface area contributed by atoms with Crippen molar-refractivity contribution in [2.75, 3.05) is 6.61 Å². The molecule has 0 radical (unpaired) electrons. The Bertz CT molecular complexity index is 178. The molecule has 0 amide bonds. The maximum absolute atomic E-state index is 5.36. The van der Waals surface area contributed by atoms with Gasteiger partial charge in [0, 0.05) is 15.9 Å². The number of halogens is 1. The first kappa shape index (κ1) is 8.06. The average molecular weight is 205 g/mol. The van der Waals surface area contributed by atoms with Crippen LogP contribution in [-0.2, 0) is 9.47 Å². The van der Waals surface area contributed by atoms with Crippen LogP contribution in [0.15, 0.2) is 0 Å². The van der Waals surface area contributed by atoms with E-state index in [1.165, 1.54) is 0 Å². The monoisotopic (exact) mass is 204 g/mol. The van der Waals surface area contributed by atoms with Gasteiger partial charge >= 0.3 is 0 Å². The molecule has 56 valence electrons. The van der Waals surface area contributed by atoms with Crippen LogP contribution in [-0.4, -0.2) is 18.5 Å². The van der Waals surface area contributed by atoms with Gasteiger partial charge in [0.05, 0.1) is 6.61 Å². The quantitative estimate of drug-likeness (QED) is 0.558. The third-order valence-corrected chi connectivity index (χ3v) is 1.45. The van der Waals surface area contributed by atoms with Gasteiger partial charge in [0.2, 0.25) is 0 Å². The van der Waals surface area contributed by atoms with Crippen molar-refractivity contribution in [2.45, 2.75) is 25.7 Å². The SMILES string of the molecule is CC1(C)OC[C@H](C#CBr)O1. The van der Waals surface area contributed by atoms with Crippen molar-refractivity contribution in [3.05, 3.63) is 0 Å². The Balaban J connectivity index is 2.48. The molecule has 1 rings (SSSR count). The molecule has 1 fully saturated rings. The van der Waals surface area contributed by atoms with Crippen LogP contribution in [0.5, 0.6) is 0 Å². The van der Waals surface area contributed by atoms with Gasteiger partial charge in [-0.05, 0) is 18.7 Å². The number of ether oxygens (including phenoxy) is 2. The van der Waals surface area contributed by atoms with Crippen LogP contribution in [0.2, 0.25) is 0 Å². The standard InChI is InChI=1S/C7H9BrO2/c1-7(2)9-5-6(10-7)3-4-8/h6H,5H2,1-2H3/t6-/m0/s1. The second kappa shape index (κ2) is 2.91. The third-order valence-electron chi connectivity index (χ3n) is 1.22. The van der Waals surface area contributed by atoms with Gasteiger partial charge in [-0.2, -0.15) is 0 Å². The van der Waals surface area contributed by atoms with E-state index in [4.69, 9.17) is 9.47 Å². The van der Waals surface area contributed by atoms with Crippen molar-refractivity contribution in [1.29, 1.82) is 0 Å². The van der Waals surface area contributed by atoms with E-state index in [-0.39, 0.29) is 6.10 Å². The average Bonchev–Trinajstić information content (AvgIpc) is 2.12. The predicted molar refractivity (Wildman–Crippen MR) is 41.6 cm³/mol. The smallest absolute Gasteiger partial charge is 0.164 e. The lowest BCUT2D eigenvalue weighted by Crippen LogP contribution is -2.20. The lowest BCUT2D eigenvalue weighted by Gasteiger charge is -2.14. The van der Waals surface area contributed by atoms with E-state index in [0.717, 1.165) is 0 Å². The first-order chi connectivity index (χ1) is 4.64. The summed E-state index contributed by atoms with van der Waals surface area (Å²) in [4.78, 5) is 2.60. The van der Waals surface area contributed by atoms with E-state index in [0.29, 0.717) is 6.61 Å². The van der Waals surface area contributed by atoms with E-state index in [1.807, 2.05) is 13.8 Å². The Morgan fingerprint density at radius 1 is 1.60 bits per heavy atom. The zero-order valence-corrected chi connectivity index (χ0v) is 7.56. The third kappa shape index (κ3) is 1.98. The van der Waals surface area contributed by atoms with Crippen molar-refractivity contribution in [1.82, 2.24) is 0 Å². The molecule has 0 N–H and O–H groups in total. The molecule has 1 heterocycles. The molecule has 0 aromatic heterocycles. The number of rotatable bonds is 0. The van der Waals surface area contributed by atoms with Gasteiger partial charge in [-0.15, -0.1) is 0 Å². The maximum atomic E-state index is 5.36. The summed E-state index contributed by atoms with van der Waals surface area (Å²) in [6, 6.07) is 0. The Hall–Kier alpha value is -0.0400. The van der Waals surface area contributed by atoms with Crippen LogP contribution in [0.3, 0.4) is 0 Å². The second-order valence-corrected chi connectivity index (χ2v) is 2.95. The number of hydrogen-bond donors (Lipinski definition) is 0. The zero-order valence-electron chi connectivity index (χ0n) is 5.98. The molecule has 0 aliphatic carbocycles. The van der Waals surface area contributed by atoms with Gasteiger partial charge in [0.25, 0.3) is 0 Å². The van der Waals surface area contributed by atoms with E-state index < -0.39 is 5.79 Å². The molecule has 3 heteroatoms. The van der Waals surface area contributed by atoms with Crippen LogP contribution in [0, 0.1) is 10.8 Å². The highest BCUT2D eigenvalue weighted by Gasteiger charge is 2.31. The highest BCUT2D eigenvalue weighted by atomic mass is 79.9. The van der Waals surface area contributed by atoms with Crippen molar-refractivity contribution in [2.24, 2.45) is 0 Å². The molecule has 0 aromatic rings. The largest absolute Gasteiger partial charge is 0.347 e. The van der Waals surface area contributed by atoms with Gasteiger partial charge in [-0.1, -0.05) is 5.92 Å². The van der Waals surface area contributed by atoms with Crippen molar-refractivity contribution in [3.63, 3.8) is 0 Å². The lowest BCUT2D eigenvalue weighted by molar-refractivity contribution is -0.132. The summed E-state index contributed by atoms with van der Waals surface area (Å²) in [6.45, 7) is 4.32. The minimum atomic E-state index is -0.457. The highest BCUT2D eigenvalue weighted by Crippen LogP contribution is 2.21. The predicted octanol–water partition coefficient (Wildman–Crippen LogP) is 1.49. The molecule has 2 nitrogen and oxygen atoms in total. The molecule has 0 spiro atoms. The van der Waals surface area contributed by atoms with Crippen molar-refractivity contribution in [3.8, 4) is 10.8 Å². The molecule has 1 aliphatic rings. The zero-order chi connectivity index (χ0) is 7.61. The first-order valence-electron chi connectivity index (χ1n) is 3.07. The minimum Gasteiger partial charge on any atom is -0.347 e. The molecule has 1 aliphatic heterocycles. The van der Waals surface area contributed by atoms with Gasteiger partial charge < -0.3 is 9.47 Å². The molecule has 0 unspecified atom stereocenters. The van der Waals surface area contributed by atoms with Crippen molar-refractivity contribution < 1.29 is 9.47 Å². The van der Waals surface area contributed by atoms with E-state index in [1.54, 1.807) is 0 Å². The molecule has 10 heavy (non-hydrogen) atoms. The molecular weight excluding hydrogens is 196 g/mol. The topological polar surface area (TPSA) is 18.5 Å².